The van der Waals surface area contributed by atoms with Gasteiger partial charge in [-0.2, -0.15) is 0 Å². The van der Waals surface area contributed by atoms with Crippen molar-refractivity contribution in [2.24, 2.45) is 0 Å². The molecule has 152 valence electrons. The number of methoxy groups -OCH3 is 3. The van der Waals surface area contributed by atoms with Crippen LogP contribution in [0.2, 0.25) is 0 Å². The second-order valence-electron chi connectivity index (χ2n) is 6.05. The van der Waals surface area contributed by atoms with Gasteiger partial charge in [-0.25, -0.2) is 4.79 Å². The van der Waals surface area contributed by atoms with Gasteiger partial charge in [0, 0.05) is 24.1 Å². The van der Waals surface area contributed by atoms with E-state index in [2.05, 4.69) is 5.32 Å². The zero-order valence-corrected chi connectivity index (χ0v) is 16.3. The average molecular weight is 399 g/mol. The molecule has 0 aliphatic rings. The number of nitrogens with one attached hydrogen (secondary N) is 1. The predicted molar refractivity (Wildman–Crippen MR) is 106 cm³/mol. The lowest BCUT2D eigenvalue weighted by atomic mass is 10.1. The van der Waals surface area contributed by atoms with Gasteiger partial charge in [-0.1, -0.05) is 0 Å². The molecule has 8 nitrogen and oxygen atoms in total. The van der Waals surface area contributed by atoms with Crippen LogP contribution in [0.25, 0.3) is 11.0 Å². The average Bonchev–Trinajstić information content (AvgIpc) is 2.74. The third-order valence-corrected chi connectivity index (χ3v) is 4.18. The number of amides is 1. The molecule has 0 aliphatic carbocycles. The normalized spacial score (nSPS) is 10.4. The Balaban J connectivity index is 1.61. The van der Waals surface area contributed by atoms with E-state index >= 15 is 0 Å². The molecule has 1 heterocycles. The molecule has 3 rings (SSSR count). The van der Waals surface area contributed by atoms with Crippen LogP contribution in [0.4, 0.5) is 0 Å². The number of rotatable bonds is 8. The van der Waals surface area contributed by atoms with Gasteiger partial charge in [0.1, 0.15) is 11.3 Å². The van der Waals surface area contributed by atoms with Crippen LogP contribution in [-0.2, 0) is 11.3 Å². The van der Waals surface area contributed by atoms with E-state index in [9.17, 15) is 9.59 Å². The van der Waals surface area contributed by atoms with Crippen molar-refractivity contribution in [1.29, 1.82) is 0 Å². The van der Waals surface area contributed by atoms with E-state index in [0.717, 1.165) is 10.9 Å². The first kappa shape index (κ1) is 20.1. The Hall–Kier alpha value is -3.68. The Morgan fingerprint density at radius 3 is 2.31 bits per heavy atom. The molecule has 1 amide bonds. The number of carbonyl (C=O) groups is 1. The Bertz CT molecular complexity index is 1050. The highest BCUT2D eigenvalue weighted by molar-refractivity contribution is 5.79. The summed E-state index contributed by atoms with van der Waals surface area (Å²) in [6, 6.07) is 11.6. The fourth-order valence-electron chi connectivity index (χ4n) is 2.77. The molecule has 0 fully saturated rings. The molecule has 29 heavy (non-hydrogen) atoms. The van der Waals surface area contributed by atoms with Gasteiger partial charge in [0.15, 0.2) is 18.1 Å². The molecule has 0 unspecified atom stereocenters. The van der Waals surface area contributed by atoms with E-state index in [4.69, 9.17) is 23.4 Å². The van der Waals surface area contributed by atoms with Crippen molar-refractivity contribution in [3.63, 3.8) is 0 Å². The molecular weight excluding hydrogens is 378 g/mol. The highest BCUT2D eigenvalue weighted by Gasteiger charge is 2.13. The molecule has 0 atom stereocenters. The summed E-state index contributed by atoms with van der Waals surface area (Å²) in [7, 11) is 4.58. The zero-order chi connectivity index (χ0) is 20.8. The highest BCUT2D eigenvalue weighted by Crippen LogP contribution is 2.38. The summed E-state index contributed by atoms with van der Waals surface area (Å²) < 4.78 is 26.5. The van der Waals surface area contributed by atoms with Gasteiger partial charge in [-0.15, -0.1) is 0 Å². The fourth-order valence-corrected chi connectivity index (χ4v) is 2.77. The van der Waals surface area contributed by atoms with Gasteiger partial charge < -0.3 is 28.7 Å². The van der Waals surface area contributed by atoms with Crippen LogP contribution in [0, 0.1) is 0 Å². The van der Waals surface area contributed by atoms with Crippen LogP contribution >= 0.6 is 0 Å². The molecule has 0 aliphatic heterocycles. The first-order valence-electron chi connectivity index (χ1n) is 8.76. The van der Waals surface area contributed by atoms with E-state index in [0.29, 0.717) is 28.6 Å². The highest BCUT2D eigenvalue weighted by atomic mass is 16.5. The Kier molecular flexibility index (Phi) is 6.23. The molecule has 1 N–H and O–H groups in total. The fraction of sp³-hybridized carbons (Fsp3) is 0.238. The second kappa shape index (κ2) is 9.01. The minimum atomic E-state index is -0.447. The summed E-state index contributed by atoms with van der Waals surface area (Å²) in [6.07, 6.45) is 0. The van der Waals surface area contributed by atoms with E-state index in [1.165, 1.54) is 27.4 Å². The largest absolute Gasteiger partial charge is 0.493 e. The molecule has 0 spiro atoms. The van der Waals surface area contributed by atoms with Crippen molar-refractivity contribution >= 4 is 16.9 Å². The van der Waals surface area contributed by atoms with E-state index in [1.807, 2.05) is 0 Å². The molecule has 1 aromatic heterocycles. The third-order valence-electron chi connectivity index (χ3n) is 4.18. The lowest BCUT2D eigenvalue weighted by molar-refractivity contribution is -0.123. The van der Waals surface area contributed by atoms with Crippen LogP contribution in [0.1, 0.15) is 5.56 Å². The van der Waals surface area contributed by atoms with Crippen LogP contribution in [0.5, 0.6) is 23.0 Å². The monoisotopic (exact) mass is 399 g/mol. The van der Waals surface area contributed by atoms with E-state index in [-0.39, 0.29) is 19.1 Å². The molecule has 0 saturated heterocycles. The number of carbonyl (C=O) groups excluding carboxylic acids is 1. The number of hydrogen-bond donors (Lipinski definition) is 1. The molecule has 2 aromatic carbocycles. The first-order chi connectivity index (χ1) is 14.0. The minimum absolute atomic E-state index is 0.188. The lowest BCUT2D eigenvalue weighted by Crippen LogP contribution is -2.28. The van der Waals surface area contributed by atoms with Crippen molar-refractivity contribution in [1.82, 2.24) is 5.32 Å². The second-order valence-corrected chi connectivity index (χ2v) is 6.05. The van der Waals surface area contributed by atoms with Gasteiger partial charge in [-0.05, 0) is 35.9 Å². The van der Waals surface area contributed by atoms with Gasteiger partial charge in [0.05, 0.1) is 21.3 Å². The molecule has 3 aromatic rings. The van der Waals surface area contributed by atoms with E-state index < -0.39 is 5.63 Å². The molecule has 0 bridgehead atoms. The summed E-state index contributed by atoms with van der Waals surface area (Å²) in [5.74, 6) is 1.61. The summed E-state index contributed by atoms with van der Waals surface area (Å²) in [6.45, 7) is 0.0680. The van der Waals surface area contributed by atoms with Crippen molar-refractivity contribution < 1.29 is 28.2 Å². The van der Waals surface area contributed by atoms with Crippen LogP contribution < -0.4 is 29.9 Å². The molecular formula is C21H21NO7. The van der Waals surface area contributed by atoms with Crippen molar-refractivity contribution in [2.75, 3.05) is 27.9 Å². The van der Waals surface area contributed by atoms with Gasteiger partial charge in [-0.3, -0.25) is 4.79 Å². The summed E-state index contributed by atoms with van der Waals surface area (Å²) >= 11 is 0. The maximum Gasteiger partial charge on any atom is 0.336 e. The summed E-state index contributed by atoms with van der Waals surface area (Å²) in [5, 5.41) is 3.53. The maximum atomic E-state index is 12.1. The van der Waals surface area contributed by atoms with Crippen molar-refractivity contribution in [3.8, 4) is 23.0 Å². The Morgan fingerprint density at radius 2 is 1.66 bits per heavy atom. The SMILES string of the molecule is COc1cc(CNC(=O)COc2ccc3ccc(=O)oc3c2)cc(OC)c1OC. The molecule has 8 heteroatoms. The first-order valence-corrected chi connectivity index (χ1v) is 8.76. The lowest BCUT2D eigenvalue weighted by Gasteiger charge is -2.14. The number of ether oxygens (including phenoxy) is 4. The van der Waals surface area contributed by atoms with Gasteiger partial charge in [0.2, 0.25) is 5.75 Å². The smallest absolute Gasteiger partial charge is 0.336 e. The Morgan fingerprint density at radius 1 is 0.966 bits per heavy atom. The number of fused-ring (bicyclic) bond motifs is 1. The molecule has 0 radical (unpaired) electrons. The third kappa shape index (κ3) is 4.78. The van der Waals surface area contributed by atoms with Crippen molar-refractivity contribution in [2.45, 2.75) is 6.54 Å². The van der Waals surface area contributed by atoms with Crippen LogP contribution in [0.3, 0.4) is 0 Å². The van der Waals surface area contributed by atoms with E-state index in [1.54, 1.807) is 36.4 Å². The summed E-state index contributed by atoms with van der Waals surface area (Å²) in [4.78, 5) is 23.5. The minimum Gasteiger partial charge on any atom is -0.493 e. The van der Waals surface area contributed by atoms with Gasteiger partial charge >= 0.3 is 5.63 Å². The number of benzene rings is 2. The quantitative estimate of drug-likeness (QED) is 0.582. The van der Waals surface area contributed by atoms with Crippen LogP contribution in [0.15, 0.2) is 51.7 Å². The van der Waals surface area contributed by atoms with Crippen LogP contribution in [-0.4, -0.2) is 33.8 Å². The summed E-state index contributed by atoms with van der Waals surface area (Å²) in [5.41, 5.74) is 0.728. The zero-order valence-electron chi connectivity index (χ0n) is 16.3. The van der Waals surface area contributed by atoms with Gasteiger partial charge in [0.25, 0.3) is 5.91 Å². The number of hydrogen-bond acceptors (Lipinski definition) is 7. The molecule has 0 saturated carbocycles. The Labute approximate surface area is 166 Å². The topological polar surface area (TPSA) is 96.2 Å². The standard InChI is InChI=1S/C21H21NO7/c1-25-17-8-13(9-18(26-2)21(17)27-3)11-22-19(23)12-28-15-6-4-14-5-7-20(24)29-16(14)10-15/h4-10H,11-12H2,1-3H3,(H,22,23). The maximum absolute atomic E-state index is 12.1. The predicted octanol–water partition coefficient (Wildman–Crippen LogP) is 2.51. The van der Waals surface area contributed by atoms with Crippen molar-refractivity contribution in [3.05, 3.63) is 58.4 Å².